The summed E-state index contributed by atoms with van der Waals surface area (Å²) in [4.78, 5) is 12.1. The molecule has 5 heteroatoms. The van der Waals surface area contributed by atoms with E-state index in [4.69, 9.17) is 4.98 Å². The maximum atomic E-state index is 14.4. The van der Waals surface area contributed by atoms with Crippen LogP contribution in [-0.4, -0.2) is 53.0 Å². The summed E-state index contributed by atoms with van der Waals surface area (Å²) >= 11 is 0. The zero-order valence-corrected chi connectivity index (χ0v) is 24.1. The number of aromatic nitrogens is 1. The number of nitrogens with zero attached hydrogens (tertiary/aromatic N) is 4. The van der Waals surface area contributed by atoms with Crippen molar-refractivity contribution in [2.75, 3.05) is 25.0 Å². The van der Waals surface area contributed by atoms with Gasteiger partial charge in [-0.2, -0.15) is 0 Å². The Bertz CT molecular complexity index is 1360. The maximum Gasteiger partial charge on any atom is 0.128 e. The second-order valence-electron chi connectivity index (χ2n) is 12.3. The Balaban J connectivity index is 1.25. The first-order valence-electron chi connectivity index (χ1n) is 14.5. The van der Waals surface area contributed by atoms with Gasteiger partial charge in [0.25, 0.3) is 0 Å². The molecule has 1 aliphatic carbocycles. The van der Waals surface area contributed by atoms with Crippen LogP contribution in [0.25, 0.3) is 11.1 Å². The summed E-state index contributed by atoms with van der Waals surface area (Å²) in [6, 6.07) is 10.9. The Labute approximate surface area is 233 Å². The summed E-state index contributed by atoms with van der Waals surface area (Å²) in [6.45, 7) is 13.4. The number of allylic oxidation sites excluding steroid dienone is 4. The molecule has 4 aliphatic rings. The average Bonchev–Trinajstić information content (AvgIpc) is 3.20. The monoisotopic (exact) mass is 524 g/mol. The van der Waals surface area contributed by atoms with Crippen molar-refractivity contribution in [3.63, 3.8) is 0 Å². The molecule has 1 saturated heterocycles. The molecule has 3 aliphatic heterocycles. The van der Waals surface area contributed by atoms with E-state index >= 15 is 0 Å². The molecular weight excluding hydrogens is 483 g/mol. The van der Waals surface area contributed by atoms with Gasteiger partial charge in [0.1, 0.15) is 11.6 Å². The first-order valence-corrected chi connectivity index (χ1v) is 14.5. The number of pyridine rings is 1. The molecule has 2 aromatic rings. The zero-order valence-electron chi connectivity index (χ0n) is 24.1. The molecule has 4 heterocycles. The lowest BCUT2D eigenvalue weighted by Crippen LogP contribution is -2.55. The summed E-state index contributed by atoms with van der Waals surface area (Å²) in [5.41, 5.74) is 7.00. The molecule has 1 aromatic carbocycles. The third-order valence-electron chi connectivity index (χ3n) is 9.60. The number of rotatable bonds is 3. The van der Waals surface area contributed by atoms with Crippen LogP contribution in [0.2, 0.25) is 0 Å². The minimum atomic E-state index is -0.169. The third kappa shape index (κ3) is 4.75. The van der Waals surface area contributed by atoms with Crippen molar-refractivity contribution in [1.82, 2.24) is 14.8 Å². The van der Waals surface area contributed by atoms with Gasteiger partial charge in [0.05, 0.1) is 6.04 Å². The highest BCUT2D eigenvalue weighted by atomic mass is 19.1. The Hall–Kier alpha value is -3.18. The molecule has 1 aromatic heterocycles. The summed E-state index contributed by atoms with van der Waals surface area (Å²) in [5, 5.41) is 0. The van der Waals surface area contributed by atoms with Gasteiger partial charge in [-0.3, -0.25) is 4.90 Å². The van der Waals surface area contributed by atoms with E-state index in [0.29, 0.717) is 29.8 Å². The lowest BCUT2D eigenvalue weighted by Gasteiger charge is -2.43. The van der Waals surface area contributed by atoms with E-state index in [1.807, 2.05) is 12.3 Å². The van der Waals surface area contributed by atoms with Gasteiger partial charge in [0.15, 0.2) is 0 Å². The van der Waals surface area contributed by atoms with E-state index in [0.717, 1.165) is 36.5 Å². The fourth-order valence-electron chi connectivity index (χ4n) is 6.67. The van der Waals surface area contributed by atoms with Gasteiger partial charge >= 0.3 is 0 Å². The van der Waals surface area contributed by atoms with E-state index < -0.39 is 0 Å². The molecule has 0 amide bonds. The number of likely N-dealkylation sites (N-methyl/N-ethyl adjacent to an activating group) is 1. The van der Waals surface area contributed by atoms with Crippen LogP contribution in [-0.2, 0) is 6.42 Å². The standard InChI is InChI=1S/C34H41FN4/c1-21-13-27-7-9-29(35)17-30(27)31(14-22(21)2)33-15-23(3)32-16-26(11-12-39(32)33)28-8-10-34(36-18-28)38-19-24(4)37(6)25(5)20-38/h7-12,14-18,21-25,32H,13,19-20H2,1-6H3/t21?,22?,23?,24-,25+,32?. The quantitative estimate of drug-likeness (QED) is 0.442. The Kier molecular flexibility index (Phi) is 6.74. The van der Waals surface area contributed by atoms with Crippen LogP contribution in [0, 0.1) is 23.6 Å². The van der Waals surface area contributed by atoms with Crippen LogP contribution in [0.4, 0.5) is 10.2 Å². The summed E-state index contributed by atoms with van der Waals surface area (Å²) < 4.78 is 14.4. The molecule has 0 bridgehead atoms. The highest BCUT2D eigenvalue weighted by Gasteiger charge is 2.35. The molecule has 1 fully saturated rings. The topological polar surface area (TPSA) is 22.6 Å². The minimum absolute atomic E-state index is 0.169. The molecule has 0 N–H and O–H groups in total. The number of fused-ring (bicyclic) bond motifs is 2. The van der Waals surface area contributed by atoms with E-state index in [1.165, 1.54) is 22.4 Å². The number of benzene rings is 1. The molecular formula is C34H41FN4. The molecule has 0 saturated carbocycles. The number of piperazine rings is 1. The minimum Gasteiger partial charge on any atom is -0.354 e. The summed E-state index contributed by atoms with van der Waals surface area (Å²) in [5.74, 6) is 2.16. The first kappa shape index (κ1) is 26.1. The van der Waals surface area contributed by atoms with Gasteiger partial charge in [0, 0.05) is 54.8 Å². The van der Waals surface area contributed by atoms with Gasteiger partial charge in [0.2, 0.25) is 0 Å². The Morgan fingerprint density at radius 3 is 2.38 bits per heavy atom. The average molecular weight is 525 g/mol. The van der Waals surface area contributed by atoms with E-state index in [-0.39, 0.29) is 11.9 Å². The van der Waals surface area contributed by atoms with E-state index in [9.17, 15) is 4.39 Å². The Morgan fingerprint density at radius 2 is 1.67 bits per heavy atom. The second-order valence-corrected chi connectivity index (χ2v) is 12.3. The normalized spacial score (nSPS) is 30.8. The van der Waals surface area contributed by atoms with Gasteiger partial charge in [-0.1, -0.05) is 45.1 Å². The maximum absolute atomic E-state index is 14.4. The predicted octanol–water partition coefficient (Wildman–Crippen LogP) is 6.78. The fourth-order valence-corrected chi connectivity index (χ4v) is 6.67. The van der Waals surface area contributed by atoms with Crippen LogP contribution < -0.4 is 4.90 Å². The van der Waals surface area contributed by atoms with Crippen molar-refractivity contribution in [3.05, 3.63) is 95.2 Å². The zero-order chi connectivity index (χ0) is 27.4. The lowest BCUT2D eigenvalue weighted by molar-refractivity contribution is 0.169. The number of hydrogen-bond donors (Lipinski definition) is 0. The largest absolute Gasteiger partial charge is 0.354 e. The molecule has 39 heavy (non-hydrogen) atoms. The molecule has 6 rings (SSSR count). The Morgan fingerprint density at radius 1 is 0.897 bits per heavy atom. The first-order chi connectivity index (χ1) is 18.7. The van der Waals surface area contributed by atoms with Crippen molar-refractivity contribution in [1.29, 1.82) is 0 Å². The van der Waals surface area contributed by atoms with E-state index in [2.05, 4.69) is 99.0 Å². The van der Waals surface area contributed by atoms with Crippen molar-refractivity contribution in [2.24, 2.45) is 17.8 Å². The van der Waals surface area contributed by atoms with Gasteiger partial charge < -0.3 is 9.80 Å². The van der Waals surface area contributed by atoms with Crippen LogP contribution in [0.15, 0.2) is 72.7 Å². The molecule has 204 valence electrons. The molecule has 0 radical (unpaired) electrons. The van der Waals surface area contributed by atoms with Gasteiger partial charge in [-0.15, -0.1) is 0 Å². The highest BCUT2D eigenvalue weighted by Crippen LogP contribution is 2.43. The summed E-state index contributed by atoms with van der Waals surface area (Å²) in [6.07, 6.45) is 14.5. The van der Waals surface area contributed by atoms with Gasteiger partial charge in [-0.05, 0) is 91.8 Å². The van der Waals surface area contributed by atoms with Crippen molar-refractivity contribution in [2.45, 2.75) is 59.2 Å². The molecule has 0 spiro atoms. The molecule has 4 unspecified atom stereocenters. The van der Waals surface area contributed by atoms with Crippen LogP contribution in [0.1, 0.15) is 51.3 Å². The number of hydrogen-bond acceptors (Lipinski definition) is 4. The second kappa shape index (κ2) is 10.1. The highest BCUT2D eigenvalue weighted by molar-refractivity contribution is 5.83. The lowest BCUT2D eigenvalue weighted by atomic mass is 9.91. The van der Waals surface area contributed by atoms with E-state index in [1.54, 1.807) is 12.1 Å². The van der Waals surface area contributed by atoms with Crippen LogP contribution in [0.5, 0.6) is 0 Å². The summed E-state index contributed by atoms with van der Waals surface area (Å²) in [7, 11) is 2.21. The number of anilines is 1. The van der Waals surface area contributed by atoms with Gasteiger partial charge in [-0.25, -0.2) is 9.37 Å². The predicted molar refractivity (Wildman–Crippen MR) is 160 cm³/mol. The molecule has 6 atom stereocenters. The van der Waals surface area contributed by atoms with Crippen LogP contribution >= 0.6 is 0 Å². The van der Waals surface area contributed by atoms with Crippen LogP contribution in [0.3, 0.4) is 0 Å². The number of halogens is 1. The smallest absolute Gasteiger partial charge is 0.128 e. The van der Waals surface area contributed by atoms with Crippen molar-refractivity contribution < 1.29 is 4.39 Å². The SMILES string of the molecule is CC1C=C(C2=CC(C)C3C=C(c4ccc(N5C[C@@H](C)N(C)[C@@H](C)C5)nc4)C=CN23)c2cc(F)ccc2CC1C. The van der Waals surface area contributed by atoms with Crippen molar-refractivity contribution in [3.8, 4) is 0 Å². The molecule has 4 nitrogen and oxygen atoms in total. The third-order valence-corrected chi connectivity index (χ3v) is 9.60. The van der Waals surface area contributed by atoms with Crippen molar-refractivity contribution >= 4 is 17.0 Å². The fraction of sp³-hybridized carbons (Fsp3) is 0.441.